The van der Waals surface area contributed by atoms with Gasteiger partial charge in [-0.05, 0) is 17.7 Å². The van der Waals surface area contributed by atoms with Crippen LogP contribution in [0.4, 0.5) is 0 Å². The highest BCUT2D eigenvalue weighted by atomic mass is 79.9. The van der Waals surface area contributed by atoms with Gasteiger partial charge in [-0.25, -0.2) is 4.98 Å². The molecule has 0 spiro atoms. The van der Waals surface area contributed by atoms with Crippen LogP contribution in [0.1, 0.15) is 17.4 Å². The Bertz CT molecular complexity index is 475. The third-order valence-electron chi connectivity index (χ3n) is 2.22. The number of aliphatic hydroxyl groups excluding tert-OH is 1. The molecule has 0 amide bonds. The summed E-state index contributed by atoms with van der Waals surface area (Å²) in [6, 6.07) is 5.64. The van der Waals surface area contributed by atoms with Gasteiger partial charge in [-0.2, -0.15) is 0 Å². The summed E-state index contributed by atoms with van der Waals surface area (Å²) >= 11 is 10.9. The van der Waals surface area contributed by atoms with E-state index in [1.165, 1.54) is 11.3 Å². The zero-order chi connectivity index (χ0) is 11.5. The van der Waals surface area contributed by atoms with E-state index < -0.39 is 6.10 Å². The maximum Gasteiger partial charge on any atom is 0.101 e. The van der Waals surface area contributed by atoms with Crippen molar-refractivity contribution >= 4 is 38.9 Å². The van der Waals surface area contributed by atoms with Gasteiger partial charge in [0, 0.05) is 21.3 Å². The smallest absolute Gasteiger partial charge is 0.101 e. The summed E-state index contributed by atoms with van der Waals surface area (Å²) in [5.74, 6) is 0. The van der Waals surface area contributed by atoms with Crippen LogP contribution in [0.2, 0.25) is 5.02 Å². The molecule has 1 atom stereocenters. The normalized spacial score (nSPS) is 12.7. The number of hydrogen-bond donors (Lipinski definition) is 1. The summed E-state index contributed by atoms with van der Waals surface area (Å²) in [5.41, 5.74) is 3.33. The fourth-order valence-corrected chi connectivity index (χ4v) is 2.74. The number of hydrogen-bond acceptors (Lipinski definition) is 3. The Kier molecular flexibility index (Phi) is 3.97. The van der Waals surface area contributed by atoms with E-state index in [-0.39, 0.29) is 0 Å². The van der Waals surface area contributed by atoms with Gasteiger partial charge in [-0.1, -0.05) is 33.6 Å². The third-order valence-corrected chi connectivity index (χ3v) is 3.67. The number of halogens is 2. The van der Waals surface area contributed by atoms with Crippen LogP contribution in [-0.4, -0.2) is 10.1 Å². The van der Waals surface area contributed by atoms with Crippen molar-refractivity contribution in [2.45, 2.75) is 12.5 Å². The summed E-state index contributed by atoms with van der Waals surface area (Å²) < 4.78 is 0.935. The molecule has 0 aliphatic heterocycles. The molecule has 5 heteroatoms. The van der Waals surface area contributed by atoms with Crippen molar-refractivity contribution in [3.63, 3.8) is 0 Å². The first-order valence-corrected chi connectivity index (χ1v) is 6.78. The summed E-state index contributed by atoms with van der Waals surface area (Å²) in [5, 5.41) is 12.4. The van der Waals surface area contributed by atoms with E-state index in [0.717, 1.165) is 10.0 Å². The average Bonchev–Trinajstić information content (AvgIpc) is 2.75. The number of rotatable bonds is 3. The van der Waals surface area contributed by atoms with Crippen LogP contribution in [0.3, 0.4) is 0 Å². The fraction of sp³-hybridized carbons (Fsp3) is 0.182. The number of aromatic nitrogens is 1. The molecule has 0 radical (unpaired) electrons. The molecular weight excluding hydrogens is 310 g/mol. The molecule has 1 heterocycles. The number of thiazole rings is 1. The minimum Gasteiger partial charge on any atom is -0.386 e. The molecule has 0 aliphatic rings. The Morgan fingerprint density at radius 2 is 2.31 bits per heavy atom. The second kappa shape index (κ2) is 5.27. The average molecular weight is 319 g/mol. The van der Waals surface area contributed by atoms with E-state index in [9.17, 15) is 5.11 Å². The molecule has 84 valence electrons. The fourth-order valence-electron chi connectivity index (χ4n) is 1.39. The van der Waals surface area contributed by atoms with Gasteiger partial charge in [0.1, 0.15) is 6.10 Å². The molecule has 1 aromatic carbocycles. The molecule has 1 aromatic heterocycles. The van der Waals surface area contributed by atoms with Crippen LogP contribution in [-0.2, 0) is 6.42 Å². The zero-order valence-corrected chi connectivity index (χ0v) is 11.4. The Morgan fingerprint density at radius 3 is 2.94 bits per heavy atom. The molecule has 0 fully saturated rings. The van der Waals surface area contributed by atoms with Gasteiger partial charge in [-0.3, -0.25) is 0 Å². The minimum absolute atomic E-state index is 0.482. The SMILES string of the molecule is OC(Cc1ccc(Br)cc1Cl)c1cscn1. The molecular formula is C11H9BrClNOS. The summed E-state index contributed by atoms with van der Waals surface area (Å²) in [7, 11) is 0. The molecule has 1 N–H and O–H groups in total. The van der Waals surface area contributed by atoms with E-state index >= 15 is 0 Å². The summed E-state index contributed by atoms with van der Waals surface area (Å²) in [6.45, 7) is 0. The maximum absolute atomic E-state index is 9.93. The summed E-state index contributed by atoms with van der Waals surface area (Å²) in [4.78, 5) is 4.08. The van der Waals surface area contributed by atoms with Gasteiger partial charge in [-0.15, -0.1) is 11.3 Å². The molecule has 1 unspecified atom stereocenters. The molecule has 0 saturated heterocycles. The van der Waals surface area contributed by atoms with Crippen LogP contribution >= 0.6 is 38.9 Å². The maximum atomic E-state index is 9.93. The van der Waals surface area contributed by atoms with Crippen LogP contribution in [0.5, 0.6) is 0 Å². The Labute approximate surface area is 111 Å². The molecule has 0 bridgehead atoms. The zero-order valence-electron chi connectivity index (χ0n) is 8.23. The quantitative estimate of drug-likeness (QED) is 0.933. The van der Waals surface area contributed by atoms with Gasteiger partial charge in [0.25, 0.3) is 0 Å². The molecule has 2 aromatic rings. The van der Waals surface area contributed by atoms with E-state index in [0.29, 0.717) is 17.1 Å². The van der Waals surface area contributed by atoms with Crippen molar-refractivity contribution in [2.24, 2.45) is 0 Å². The topological polar surface area (TPSA) is 33.1 Å². The third kappa shape index (κ3) is 2.83. The van der Waals surface area contributed by atoms with Crippen molar-refractivity contribution in [1.82, 2.24) is 4.98 Å². The first kappa shape index (κ1) is 12.0. The lowest BCUT2D eigenvalue weighted by atomic mass is 10.1. The lowest BCUT2D eigenvalue weighted by molar-refractivity contribution is 0.174. The highest BCUT2D eigenvalue weighted by molar-refractivity contribution is 9.10. The van der Waals surface area contributed by atoms with Crippen LogP contribution in [0, 0.1) is 0 Å². The van der Waals surface area contributed by atoms with Crippen molar-refractivity contribution < 1.29 is 5.11 Å². The van der Waals surface area contributed by atoms with Gasteiger partial charge in [0.2, 0.25) is 0 Å². The van der Waals surface area contributed by atoms with Gasteiger partial charge in [0.05, 0.1) is 11.2 Å². The van der Waals surface area contributed by atoms with Gasteiger partial charge in [0.15, 0.2) is 0 Å². The molecule has 2 rings (SSSR count). The van der Waals surface area contributed by atoms with Crippen LogP contribution in [0.25, 0.3) is 0 Å². The number of benzene rings is 1. The predicted octanol–water partition coefficient (Wildman–Crippen LogP) is 3.84. The Balaban J connectivity index is 2.15. The van der Waals surface area contributed by atoms with Crippen molar-refractivity contribution in [3.8, 4) is 0 Å². The van der Waals surface area contributed by atoms with Crippen LogP contribution < -0.4 is 0 Å². The largest absolute Gasteiger partial charge is 0.386 e. The number of nitrogens with zero attached hydrogens (tertiary/aromatic N) is 1. The molecule has 2 nitrogen and oxygen atoms in total. The van der Waals surface area contributed by atoms with E-state index in [2.05, 4.69) is 20.9 Å². The van der Waals surface area contributed by atoms with Crippen molar-refractivity contribution in [1.29, 1.82) is 0 Å². The van der Waals surface area contributed by atoms with Gasteiger partial charge >= 0.3 is 0 Å². The highest BCUT2D eigenvalue weighted by Gasteiger charge is 2.12. The minimum atomic E-state index is -0.593. The van der Waals surface area contributed by atoms with E-state index in [1.54, 1.807) is 5.51 Å². The first-order valence-electron chi connectivity index (χ1n) is 4.67. The van der Waals surface area contributed by atoms with E-state index in [4.69, 9.17) is 11.6 Å². The lowest BCUT2D eigenvalue weighted by Crippen LogP contribution is -2.02. The first-order chi connectivity index (χ1) is 7.66. The Morgan fingerprint density at radius 1 is 1.50 bits per heavy atom. The molecule has 0 aliphatic carbocycles. The van der Waals surface area contributed by atoms with Crippen LogP contribution in [0.15, 0.2) is 33.6 Å². The summed E-state index contributed by atoms with van der Waals surface area (Å²) in [6.07, 6.45) is -0.111. The second-order valence-corrected chi connectivity index (χ2v) is 5.41. The lowest BCUT2D eigenvalue weighted by Gasteiger charge is -2.09. The van der Waals surface area contributed by atoms with Crippen molar-refractivity contribution in [3.05, 3.63) is 49.8 Å². The van der Waals surface area contributed by atoms with Gasteiger partial charge < -0.3 is 5.11 Å². The highest BCUT2D eigenvalue weighted by Crippen LogP contribution is 2.26. The van der Waals surface area contributed by atoms with Crippen molar-refractivity contribution in [2.75, 3.05) is 0 Å². The standard InChI is InChI=1S/C11H9BrClNOS/c12-8-2-1-7(9(13)4-8)3-11(15)10-5-16-6-14-10/h1-2,4-6,11,15H,3H2. The van der Waals surface area contributed by atoms with E-state index in [1.807, 2.05) is 23.6 Å². The second-order valence-electron chi connectivity index (χ2n) is 3.37. The molecule has 0 saturated carbocycles. The Hall–Kier alpha value is -0.420. The number of aliphatic hydroxyl groups is 1. The predicted molar refractivity (Wildman–Crippen MR) is 69.9 cm³/mol. The monoisotopic (exact) mass is 317 g/mol. The molecule has 16 heavy (non-hydrogen) atoms.